The molecule has 2 nitrogen and oxygen atoms in total. The number of aryl methyl sites for hydroxylation is 1. The number of benzene rings is 2. The van der Waals surface area contributed by atoms with E-state index in [1.807, 2.05) is 26.0 Å². The molecule has 0 radical (unpaired) electrons. The minimum Gasteiger partial charge on any atom is -0.492 e. The molecule has 0 aliphatic rings. The molecule has 0 bridgehead atoms. The zero-order valence-corrected chi connectivity index (χ0v) is 13.0. The van der Waals surface area contributed by atoms with Crippen LogP contribution in [0.3, 0.4) is 0 Å². The Morgan fingerprint density at radius 1 is 1.19 bits per heavy atom. The smallest absolute Gasteiger partial charge is 0.123 e. The third-order valence-electron chi connectivity index (χ3n) is 3.30. The molecule has 0 amide bonds. The van der Waals surface area contributed by atoms with Crippen molar-refractivity contribution in [3.63, 3.8) is 0 Å². The van der Waals surface area contributed by atoms with Crippen molar-refractivity contribution in [2.75, 3.05) is 13.2 Å². The van der Waals surface area contributed by atoms with Crippen molar-refractivity contribution in [3.8, 4) is 5.75 Å². The number of likely N-dealkylation sites (N-methyl/N-ethyl adjacent to an activating group) is 1. The molecule has 0 spiro atoms. The Balaban J connectivity index is 2.11. The number of hydrogen-bond acceptors (Lipinski definition) is 2. The van der Waals surface area contributed by atoms with Crippen molar-refractivity contribution >= 4 is 11.6 Å². The van der Waals surface area contributed by atoms with Gasteiger partial charge in [0.1, 0.15) is 18.2 Å². The number of ether oxygens (including phenoxy) is 1. The highest BCUT2D eigenvalue weighted by atomic mass is 35.5. The molecule has 1 N–H and O–H groups in total. The van der Waals surface area contributed by atoms with Crippen LogP contribution in [0.15, 0.2) is 42.5 Å². The first kappa shape index (κ1) is 15.8. The zero-order chi connectivity index (χ0) is 15.2. The maximum absolute atomic E-state index is 13.5. The van der Waals surface area contributed by atoms with Crippen LogP contribution in [0.4, 0.5) is 4.39 Å². The highest BCUT2D eigenvalue weighted by Gasteiger charge is 2.14. The van der Waals surface area contributed by atoms with Crippen LogP contribution in [-0.4, -0.2) is 13.2 Å². The van der Waals surface area contributed by atoms with Gasteiger partial charge in [0.15, 0.2) is 0 Å². The van der Waals surface area contributed by atoms with Crippen LogP contribution in [0.5, 0.6) is 5.75 Å². The first-order valence-electron chi connectivity index (χ1n) is 6.98. The van der Waals surface area contributed by atoms with Crippen LogP contribution in [0.25, 0.3) is 0 Å². The summed E-state index contributed by atoms with van der Waals surface area (Å²) >= 11 is 5.85. The van der Waals surface area contributed by atoms with Gasteiger partial charge in [-0.3, -0.25) is 0 Å². The molecule has 0 saturated carbocycles. The maximum Gasteiger partial charge on any atom is 0.123 e. The van der Waals surface area contributed by atoms with Crippen LogP contribution in [-0.2, 0) is 0 Å². The van der Waals surface area contributed by atoms with Gasteiger partial charge in [-0.2, -0.15) is 0 Å². The van der Waals surface area contributed by atoms with Crippen molar-refractivity contribution < 1.29 is 9.13 Å². The number of rotatable bonds is 6. The standard InChI is InChI=1S/C17H19ClFNO/c1-3-20-17(16-10-14(19)7-4-12(16)2)11-21-15-8-5-13(18)6-9-15/h4-10,17,20H,3,11H2,1-2H3. The average molecular weight is 308 g/mol. The van der Waals surface area contributed by atoms with E-state index in [1.54, 1.807) is 24.3 Å². The molecule has 1 atom stereocenters. The van der Waals surface area contributed by atoms with Gasteiger partial charge in [0.2, 0.25) is 0 Å². The summed E-state index contributed by atoms with van der Waals surface area (Å²) in [6.45, 7) is 5.20. The predicted octanol–water partition coefficient (Wildman–Crippen LogP) is 4.52. The molecule has 0 aromatic heterocycles. The monoisotopic (exact) mass is 307 g/mol. The third kappa shape index (κ3) is 4.45. The summed E-state index contributed by atoms with van der Waals surface area (Å²) in [7, 11) is 0. The van der Waals surface area contributed by atoms with Crippen LogP contribution < -0.4 is 10.1 Å². The predicted molar refractivity (Wildman–Crippen MR) is 84.5 cm³/mol. The van der Waals surface area contributed by atoms with E-state index in [9.17, 15) is 4.39 Å². The highest BCUT2D eigenvalue weighted by Crippen LogP contribution is 2.22. The molecule has 0 aliphatic heterocycles. The first-order valence-corrected chi connectivity index (χ1v) is 7.35. The van der Waals surface area contributed by atoms with E-state index < -0.39 is 0 Å². The SMILES string of the molecule is CCNC(COc1ccc(Cl)cc1)c1cc(F)ccc1C. The second kappa shape index (κ2) is 7.43. The zero-order valence-electron chi connectivity index (χ0n) is 12.2. The molecule has 0 heterocycles. The summed E-state index contributed by atoms with van der Waals surface area (Å²) in [5.41, 5.74) is 1.97. The van der Waals surface area contributed by atoms with Crippen LogP contribution in [0.1, 0.15) is 24.1 Å². The van der Waals surface area contributed by atoms with Crippen molar-refractivity contribution in [2.45, 2.75) is 19.9 Å². The molecule has 0 fully saturated rings. The van der Waals surface area contributed by atoms with Gasteiger partial charge in [-0.15, -0.1) is 0 Å². The van der Waals surface area contributed by atoms with Crippen molar-refractivity contribution in [1.82, 2.24) is 5.32 Å². The van der Waals surface area contributed by atoms with Gasteiger partial charge >= 0.3 is 0 Å². The Labute approximate surface area is 129 Å². The molecule has 2 aromatic rings. The fourth-order valence-corrected chi connectivity index (χ4v) is 2.33. The van der Waals surface area contributed by atoms with E-state index in [2.05, 4.69) is 5.32 Å². The summed E-state index contributed by atoms with van der Waals surface area (Å²) in [5, 5.41) is 4.00. The van der Waals surface area contributed by atoms with Gasteiger partial charge in [0.05, 0.1) is 6.04 Å². The normalized spacial score (nSPS) is 12.2. The second-order valence-electron chi connectivity index (χ2n) is 4.88. The fourth-order valence-electron chi connectivity index (χ4n) is 2.20. The van der Waals surface area contributed by atoms with E-state index in [0.29, 0.717) is 11.6 Å². The van der Waals surface area contributed by atoms with E-state index in [1.165, 1.54) is 6.07 Å². The van der Waals surface area contributed by atoms with E-state index in [4.69, 9.17) is 16.3 Å². The topological polar surface area (TPSA) is 21.3 Å². The number of nitrogens with one attached hydrogen (secondary N) is 1. The molecule has 1 unspecified atom stereocenters. The molecule has 2 aromatic carbocycles. The van der Waals surface area contributed by atoms with Crippen LogP contribution in [0.2, 0.25) is 5.02 Å². The van der Waals surface area contributed by atoms with Gasteiger partial charge in [-0.05, 0) is 61.0 Å². The lowest BCUT2D eigenvalue weighted by Crippen LogP contribution is -2.27. The summed E-state index contributed by atoms with van der Waals surface area (Å²) in [6.07, 6.45) is 0. The van der Waals surface area contributed by atoms with Gasteiger partial charge in [-0.1, -0.05) is 24.6 Å². The van der Waals surface area contributed by atoms with E-state index >= 15 is 0 Å². The molecule has 112 valence electrons. The quantitative estimate of drug-likeness (QED) is 0.847. The van der Waals surface area contributed by atoms with Crippen molar-refractivity contribution in [2.24, 2.45) is 0 Å². The Hall–Kier alpha value is -1.58. The molecular weight excluding hydrogens is 289 g/mol. The van der Waals surface area contributed by atoms with Gasteiger partial charge < -0.3 is 10.1 Å². The molecule has 0 aliphatic carbocycles. The molecular formula is C17H19ClFNO. The maximum atomic E-state index is 13.5. The van der Waals surface area contributed by atoms with Crippen molar-refractivity contribution in [1.29, 1.82) is 0 Å². The van der Waals surface area contributed by atoms with E-state index in [0.717, 1.165) is 23.4 Å². The lowest BCUT2D eigenvalue weighted by molar-refractivity contribution is 0.267. The molecule has 4 heteroatoms. The highest BCUT2D eigenvalue weighted by molar-refractivity contribution is 6.30. The minimum absolute atomic E-state index is 0.0543. The third-order valence-corrected chi connectivity index (χ3v) is 3.55. The van der Waals surface area contributed by atoms with Crippen LogP contribution in [0, 0.1) is 12.7 Å². The second-order valence-corrected chi connectivity index (χ2v) is 5.31. The number of hydrogen-bond donors (Lipinski definition) is 1. The molecule has 21 heavy (non-hydrogen) atoms. The molecule has 0 saturated heterocycles. The van der Waals surface area contributed by atoms with Crippen molar-refractivity contribution in [3.05, 3.63) is 64.4 Å². The summed E-state index contributed by atoms with van der Waals surface area (Å²) < 4.78 is 19.3. The summed E-state index contributed by atoms with van der Waals surface area (Å²) in [6, 6.07) is 12.0. The lowest BCUT2D eigenvalue weighted by Gasteiger charge is -2.21. The number of halogens is 2. The van der Waals surface area contributed by atoms with Crippen LogP contribution >= 0.6 is 11.6 Å². The average Bonchev–Trinajstić information content (AvgIpc) is 2.48. The Morgan fingerprint density at radius 3 is 2.57 bits per heavy atom. The molecule has 2 rings (SSSR count). The summed E-state index contributed by atoms with van der Waals surface area (Å²) in [4.78, 5) is 0. The van der Waals surface area contributed by atoms with Gasteiger partial charge in [0, 0.05) is 5.02 Å². The summed E-state index contributed by atoms with van der Waals surface area (Å²) in [5.74, 6) is 0.515. The first-order chi connectivity index (χ1) is 10.1. The Morgan fingerprint density at radius 2 is 1.90 bits per heavy atom. The lowest BCUT2D eigenvalue weighted by atomic mass is 10.0. The van der Waals surface area contributed by atoms with E-state index in [-0.39, 0.29) is 11.9 Å². The largest absolute Gasteiger partial charge is 0.492 e. The fraction of sp³-hybridized carbons (Fsp3) is 0.294. The van der Waals surface area contributed by atoms with Gasteiger partial charge in [0.25, 0.3) is 0 Å². The van der Waals surface area contributed by atoms with Gasteiger partial charge in [-0.25, -0.2) is 4.39 Å². The Kier molecular flexibility index (Phi) is 5.59. The Bertz CT molecular complexity index is 586. The minimum atomic E-state index is -0.231.